The predicted octanol–water partition coefficient (Wildman–Crippen LogP) is 0.208. The third-order valence-electron chi connectivity index (χ3n) is 3.12. The summed E-state index contributed by atoms with van der Waals surface area (Å²) in [5.41, 5.74) is 12.7. The molecular formula is C11H13N5OS. The van der Waals surface area contributed by atoms with Crippen LogP contribution >= 0.6 is 11.3 Å². The minimum Gasteiger partial charge on any atom is -0.321 e. The molecule has 3 rings (SSSR count). The van der Waals surface area contributed by atoms with Crippen LogP contribution in [0.3, 0.4) is 0 Å². The van der Waals surface area contributed by atoms with Crippen molar-refractivity contribution in [2.75, 3.05) is 6.54 Å². The van der Waals surface area contributed by atoms with Crippen LogP contribution in [-0.4, -0.2) is 33.4 Å². The average Bonchev–Trinajstić information content (AvgIpc) is 2.94. The van der Waals surface area contributed by atoms with E-state index in [0.29, 0.717) is 13.0 Å². The van der Waals surface area contributed by atoms with E-state index >= 15 is 0 Å². The van der Waals surface area contributed by atoms with Crippen molar-refractivity contribution >= 4 is 27.5 Å². The molecule has 0 radical (unpaired) electrons. The summed E-state index contributed by atoms with van der Waals surface area (Å²) in [5, 5.41) is 0. The van der Waals surface area contributed by atoms with Crippen LogP contribution in [-0.2, 0) is 4.79 Å². The Balaban J connectivity index is 1.92. The molecule has 0 aliphatic carbocycles. The number of carbonyl (C=O) groups excluding carboxylic acids is 1. The fourth-order valence-corrected chi connectivity index (χ4v) is 3.11. The largest absolute Gasteiger partial charge is 0.321 e. The summed E-state index contributed by atoms with van der Waals surface area (Å²) in [5.74, 6) is -0.0777. The molecule has 18 heavy (non-hydrogen) atoms. The maximum absolute atomic E-state index is 11.8. The average molecular weight is 263 g/mol. The van der Waals surface area contributed by atoms with E-state index in [1.165, 1.54) is 17.7 Å². The SMILES string of the molecule is NC(c1cc2ncncc2s1)N1CC[C@H](N)C1=O. The van der Waals surface area contributed by atoms with E-state index in [9.17, 15) is 4.79 Å². The minimum absolute atomic E-state index is 0.0777. The molecule has 0 bridgehead atoms. The monoisotopic (exact) mass is 263 g/mol. The summed E-state index contributed by atoms with van der Waals surface area (Å²) in [7, 11) is 0. The van der Waals surface area contributed by atoms with E-state index in [1.54, 1.807) is 11.1 Å². The number of thiophene rings is 1. The van der Waals surface area contributed by atoms with E-state index < -0.39 is 12.2 Å². The van der Waals surface area contributed by atoms with Gasteiger partial charge in [-0.05, 0) is 12.5 Å². The zero-order valence-electron chi connectivity index (χ0n) is 9.61. The zero-order valence-corrected chi connectivity index (χ0v) is 10.4. The van der Waals surface area contributed by atoms with Crippen molar-refractivity contribution in [2.24, 2.45) is 11.5 Å². The van der Waals surface area contributed by atoms with Gasteiger partial charge < -0.3 is 16.4 Å². The Labute approximate surface area is 108 Å². The number of hydrogen-bond donors (Lipinski definition) is 2. The van der Waals surface area contributed by atoms with Gasteiger partial charge in [0, 0.05) is 17.6 Å². The van der Waals surface area contributed by atoms with Crippen molar-refractivity contribution in [1.29, 1.82) is 0 Å². The Hall–Kier alpha value is -1.57. The first-order chi connectivity index (χ1) is 8.66. The Morgan fingerprint density at radius 3 is 3.06 bits per heavy atom. The Kier molecular flexibility index (Phi) is 2.73. The lowest BCUT2D eigenvalue weighted by atomic mass is 10.3. The van der Waals surface area contributed by atoms with Gasteiger partial charge in [0.1, 0.15) is 12.5 Å². The lowest BCUT2D eigenvalue weighted by Gasteiger charge is -2.22. The molecular weight excluding hydrogens is 250 g/mol. The van der Waals surface area contributed by atoms with Crippen LogP contribution in [0.1, 0.15) is 17.5 Å². The first-order valence-corrected chi connectivity index (χ1v) is 6.49. The molecule has 2 aromatic rings. The number of aromatic nitrogens is 2. The molecule has 2 aromatic heterocycles. The van der Waals surface area contributed by atoms with Crippen LogP contribution in [0, 0.1) is 0 Å². The number of fused-ring (bicyclic) bond motifs is 1. The Morgan fingerprint density at radius 2 is 2.39 bits per heavy atom. The van der Waals surface area contributed by atoms with Crippen molar-refractivity contribution in [1.82, 2.24) is 14.9 Å². The Bertz CT molecular complexity index is 565. The van der Waals surface area contributed by atoms with Gasteiger partial charge in [0.25, 0.3) is 0 Å². The number of amides is 1. The van der Waals surface area contributed by atoms with E-state index in [-0.39, 0.29) is 5.91 Å². The molecule has 3 heterocycles. The van der Waals surface area contributed by atoms with Gasteiger partial charge in [-0.25, -0.2) is 9.97 Å². The molecule has 6 nitrogen and oxygen atoms in total. The van der Waals surface area contributed by atoms with Gasteiger partial charge >= 0.3 is 0 Å². The molecule has 7 heteroatoms. The van der Waals surface area contributed by atoms with Crippen LogP contribution in [0.15, 0.2) is 18.6 Å². The normalized spacial score (nSPS) is 21.8. The van der Waals surface area contributed by atoms with Crippen molar-refractivity contribution in [2.45, 2.75) is 18.6 Å². The maximum Gasteiger partial charge on any atom is 0.241 e. The van der Waals surface area contributed by atoms with Gasteiger partial charge in [0.2, 0.25) is 5.91 Å². The second-order valence-corrected chi connectivity index (χ2v) is 5.41. The summed E-state index contributed by atoms with van der Waals surface area (Å²) in [4.78, 5) is 22.5. The van der Waals surface area contributed by atoms with Gasteiger partial charge in [0.05, 0.1) is 16.3 Å². The Morgan fingerprint density at radius 1 is 1.56 bits per heavy atom. The maximum atomic E-state index is 11.8. The molecule has 0 aromatic carbocycles. The van der Waals surface area contributed by atoms with Gasteiger partial charge in [-0.2, -0.15) is 0 Å². The highest BCUT2D eigenvalue weighted by molar-refractivity contribution is 7.19. The molecule has 1 amide bonds. The first-order valence-electron chi connectivity index (χ1n) is 5.68. The summed E-state index contributed by atoms with van der Waals surface area (Å²) in [6.45, 7) is 0.612. The second-order valence-electron chi connectivity index (χ2n) is 4.29. The van der Waals surface area contributed by atoms with Crippen LogP contribution in [0.5, 0.6) is 0 Å². The molecule has 4 N–H and O–H groups in total. The van der Waals surface area contributed by atoms with Gasteiger partial charge in [-0.3, -0.25) is 4.79 Å². The van der Waals surface area contributed by atoms with Crippen molar-refractivity contribution < 1.29 is 4.79 Å². The van der Waals surface area contributed by atoms with E-state index in [4.69, 9.17) is 11.5 Å². The lowest BCUT2D eigenvalue weighted by Crippen LogP contribution is -2.39. The summed E-state index contributed by atoms with van der Waals surface area (Å²) in [6, 6.07) is 1.49. The van der Waals surface area contributed by atoms with E-state index in [1.807, 2.05) is 6.07 Å². The number of carbonyl (C=O) groups is 1. The topological polar surface area (TPSA) is 98.1 Å². The van der Waals surface area contributed by atoms with E-state index in [2.05, 4.69) is 9.97 Å². The fraction of sp³-hybridized carbons (Fsp3) is 0.364. The van der Waals surface area contributed by atoms with Crippen molar-refractivity contribution in [3.63, 3.8) is 0 Å². The van der Waals surface area contributed by atoms with E-state index in [0.717, 1.165) is 15.1 Å². The first kappa shape index (κ1) is 11.5. The number of likely N-dealkylation sites (tertiary alicyclic amines) is 1. The van der Waals surface area contributed by atoms with Crippen molar-refractivity contribution in [3.05, 3.63) is 23.5 Å². The van der Waals surface area contributed by atoms with Gasteiger partial charge in [0.15, 0.2) is 0 Å². The molecule has 2 atom stereocenters. The highest BCUT2D eigenvalue weighted by atomic mass is 32.1. The number of rotatable bonds is 2. The standard InChI is InChI=1S/C11H13N5OS/c12-6-1-2-16(11(6)17)10(13)8-3-7-9(18-8)4-14-5-15-7/h3-6,10H,1-2,12-13H2/t6-,10?/m0/s1. The third-order valence-corrected chi connectivity index (χ3v) is 4.25. The van der Waals surface area contributed by atoms with Crippen LogP contribution in [0.4, 0.5) is 0 Å². The molecule has 1 aliphatic heterocycles. The molecule has 1 aliphatic rings. The predicted molar refractivity (Wildman–Crippen MR) is 68.6 cm³/mol. The number of hydrogen-bond acceptors (Lipinski definition) is 6. The summed E-state index contributed by atoms with van der Waals surface area (Å²) in [6.07, 6.45) is 3.48. The fourth-order valence-electron chi connectivity index (χ4n) is 2.10. The summed E-state index contributed by atoms with van der Waals surface area (Å²) < 4.78 is 0.971. The summed E-state index contributed by atoms with van der Waals surface area (Å²) >= 11 is 1.51. The van der Waals surface area contributed by atoms with Crippen molar-refractivity contribution in [3.8, 4) is 0 Å². The van der Waals surface area contributed by atoms with Gasteiger partial charge in [-0.15, -0.1) is 11.3 Å². The lowest BCUT2D eigenvalue weighted by molar-refractivity contribution is -0.130. The van der Waals surface area contributed by atoms with Crippen LogP contribution < -0.4 is 11.5 Å². The molecule has 0 spiro atoms. The number of nitrogens with zero attached hydrogens (tertiary/aromatic N) is 3. The molecule has 1 fully saturated rings. The molecule has 94 valence electrons. The minimum atomic E-state index is -0.440. The van der Waals surface area contributed by atoms with Crippen LogP contribution in [0.2, 0.25) is 0 Å². The quantitative estimate of drug-likeness (QED) is 0.807. The highest BCUT2D eigenvalue weighted by Gasteiger charge is 2.33. The number of nitrogens with two attached hydrogens (primary N) is 2. The van der Waals surface area contributed by atoms with Gasteiger partial charge in [-0.1, -0.05) is 0 Å². The highest BCUT2D eigenvalue weighted by Crippen LogP contribution is 2.30. The molecule has 1 unspecified atom stereocenters. The molecule has 1 saturated heterocycles. The zero-order chi connectivity index (χ0) is 12.7. The van der Waals surface area contributed by atoms with Crippen LogP contribution in [0.25, 0.3) is 10.2 Å². The smallest absolute Gasteiger partial charge is 0.241 e. The molecule has 0 saturated carbocycles. The third kappa shape index (κ3) is 1.76. The second kappa shape index (κ2) is 4.27.